The second-order valence-corrected chi connectivity index (χ2v) is 7.75. The Bertz CT molecular complexity index is 835. The number of carbonyl (C=O) groups excluding carboxylic acids is 1. The molecule has 0 atom stereocenters. The topological polar surface area (TPSA) is 75.3 Å². The predicted octanol–water partition coefficient (Wildman–Crippen LogP) is 2.96. The molecule has 0 unspecified atom stereocenters. The molecule has 0 saturated heterocycles. The molecule has 2 rings (SSSR count). The van der Waals surface area contributed by atoms with Crippen LogP contribution < -0.4 is 10.0 Å². The molecule has 2 aromatic rings. The second kappa shape index (κ2) is 7.79. The molecular weight excluding hydrogens is 348 g/mol. The van der Waals surface area contributed by atoms with Gasteiger partial charge in [-0.2, -0.15) is 0 Å². The van der Waals surface area contributed by atoms with E-state index in [2.05, 4.69) is 10.0 Å². The van der Waals surface area contributed by atoms with E-state index in [1.54, 1.807) is 36.4 Å². The van der Waals surface area contributed by atoms with Crippen molar-refractivity contribution in [3.8, 4) is 0 Å². The summed E-state index contributed by atoms with van der Waals surface area (Å²) >= 11 is 6.03. The maximum absolute atomic E-state index is 12.4. The van der Waals surface area contributed by atoms with Crippen LogP contribution in [0.1, 0.15) is 29.8 Å². The number of benzene rings is 2. The van der Waals surface area contributed by atoms with Gasteiger partial charge in [-0.15, -0.1) is 0 Å². The van der Waals surface area contributed by atoms with Crippen LogP contribution in [0.3, 0.4) is 0 Å². The SMILES string of the molecule is CC(C)NC(=O)c1cccc(S(=O)(=O)NCc2ccccc2Cl)c1. The number of sulfonamides is 1. The van der Waals surface area contributed by atoms with Gasteiger partial charge in [0.05, 0.1) is 4.90 Å². The minimum Gasteiger partial charge on any atom is -0.350 e. The number of nitrogens with one attached hydrogen (secondary N) is 2. The average molecular weight is 367 g/mol. The summed E-state index contributed by atoms with van der Waals surface area (Å²) in [6, 6.07) is 12.9. The summed E-state index contributed by atoms with van der Waals surface area (Å²) in [5, 5.41) is 3.22. The lowest BCUT2D eigenvalue weighted by Gasteiger charge is -2.11. The van der Waals surface area contributed by atoms with Crippen molar-refractivity contribution in [3.05, 3.63) is 64.7 Å². The molecule has 0 saturated carbocycles. The molecule has 128 valence electrons. The van der Waals surface area contributed by atoms with E-state index in [9.17, 15) is 13.2 Å². The van der Waals surface area contributed by atoms with Crippen LogP contribution in [-0.4, -0.2) is 20.4 Å². The minimum atomic E-state index is -3.75. The minimum absolute atomic E-state index is 0.0314. The first kappa shape index (κ1) is 18.4. The first-order valence-corrected chi connectivity index (χ1v) is 9.30. The molecule has 2 N–H and O–H groups in total. The molecule has 0 aliphatic heterocycles. The van der Waals surface area contributed by atoms with Crippen molar-refractivity contribution in [2.45, 2.75) is 31.3 Å². The molecule has 24 heavy (non-hydrogen) atoms. The quantitative estimate of drug-likeness (QED) is 0.825. The summed E-state index contributed by atoms with van der Waals surface area (Å²) in [4.78, 5) is 12.0. The van der Waals surface area contributed by atoms with Crippen LogP contribution in [0.15, 0.2) is 53.4 Å². The Morgan fingerprint density at radius 3 is 2.50 bits per heavy atom. The van der Waals surface area contributed by atoms with E-state index in [0.717, 1.165) is 0 Å². The van der Waals surface area contributed by atoms with Crippen molar-refractivity contribution in [2.24, 2.45) is 0 Å². The van der Waals surface area contributed by atoms with Crippen LogP contribution >= 0.6 is 11.6 Å². The summed E-state index contributed by atoms with van der Waals surface area (Å²) in [6.45, 7) is 3.75. The molecule has 0 radical (unpaired) electrons. The van der Waals surface area contributed by atoms with E-state index in [-0.39, 0.29) is 23.4 Å². The highest BCUT2D eigenvalue weighted by Crippen LogP contribution is 2.17. The molecule has 2 aromatic carbocycles. The maximum atomic E-state index is 12.4. The van der Waals surface area contributed by atoms with Crippen molar-refractivity contribution in [1.82, 2.24) is 10.0 Å². The summed E-state index contributed by atoms with van der Waals surface area (Å²) in [5.74, 6) is -0.312. The number of hydrogen-bond donors (Lipinski definition) is 2. The highest BCUT2D eigenvalue weighted by molar-refractivity contribution is 7.89. The van der Waals surface area contributed by atoms with E-state index in [0.29, 0.717) is 16.1 Å². The average Bonchev–Trinajstić information content (AvgIpc) is 2.53. The van der Waals surface area contributed by atoms with E-state index in [1.807, 2.05) is 13.8 Å². The largest absolute Gasteiger partial charge is 0.350 e. The van der Waals surface area contributed by atoms with Crippen LogP contribution in [0.5, 0.6) is 0 Å². The molecule has 0 bridgehead atoms. The fraction of sp³-hybridized carbons (Fsp3) is 0.235. The zero-order chi connectivity index (χ0) is 17.7. The van der Waals surface area contributed by atoms with Crippen LogP contribution in [0.4, 0.5) is 0 Å². The van der Waals surface area contributed by atoms with Gasteiger partial charge < -0.3 is 5.32 Å². The van der Waals surface area contributed by atoms with Crippen LogP contribution in [-0.2, 0) is 16.6 Å². The Hall–Kier alpha value is -1.89. The fourth-order valence-electron chi connectivity index (χ4n) is 2.05. The first-order valence-electron chi connectivity index (χ1n) is 7.43. The molecule has 0 aromatic heterocycles. The van der Waals surface area contributed by atoms with Gasteiger partial charge in [-0.25, -0.2) is 13.1 Å². The molecule has 0 spiro atoms. The summed E-state index contributed by atoms with van der Waals surface area (Å²) < 4.78 is 27.4. The Balaban J connectivity index is 2.17. The number of halogens is 1. The van der Waals surface area contributed by atoms with Crippen molar-refractivity contribution in [2.75, 3.05) is 0 Å². The van der Waals surface area contributed by atoms with Crippen molar-refractivity contribution < 1.29 is 13.2 Å². The lowest BCUT2D eigenvalue weighted by Crippen LogP contribution is -2.30. The van der Waals surface area contributed by atoms with E-state index in [1.165, 1.54) is 12.1 Å². The lowest BCUT2D eigenvalue weighted by molar-refractivity contribution is 0.0943. The van der Waals surface area contributed by atoms with Gasteiger partial charge in [0.25, 0.3) is 5.91 Å². The highest BCUT2D eigenvalue weighted by Gasteiger charge is 2.17. The van der Waals surface area contributed by atoms with Gasteiger partial charge in [0.2, 0.25) is 10.0 Å². The van der Waals surface area contributed by atoms with Gasteiger partial charge >= 0.3 is 0 Å². The Labute approximate surface area is 147 Å². The molecule has 7 heteroatoms. The van der Waals surface area contributed by atoms with Crippen molar-refractivity contribution >= 4 is 27.5 Å². The van der Waals surface area contributed by atoms with Gasteiger partial charge in [-0.1, -0.05) is 35.9 Å². The van der Waals surface area contributed by atoms with E-state index in [4.69, 9.17) is 11.6 Å². The zero-order valence-electron chi connectivity index (χ0n) is 13.4. The molecular formula is C17H19ClN2O3S. The highest BCUT2D eigenvalue weighted by atomic mass is 35.5. The third kappa shape index (κ3) is 4.80. The van der Waals surface area contributed by atoms with Crippen LogP contribution in [0.2, 0.25) is 5.02 Å². The molecule has 1 amide bonds. The smallest absolute Gasteiger partial charge is 0.251 e. The maximum Gasteiger partial charge on any atom is 0.251 e. The lowest BCUT2D eigenvalue weighted by atomic mass is 10.2. The standard InChI is InChI=1S/C17H19ClN2O3S/c1-12(2)20-17(21)13-7-5-8-15(10-13)24(22,23)19-11-14-6-3-4-9-16(14)18/h3-10,12,19H,11H2,1-2H3,(H,20,21). The predicted molar refractivity (Wildman–Crippen MR) is 94.5 cm³/mol. The van der Waals surface area contributed by atoms with Crippen molar-refractivity contribution in [3.63, 3.8) is 0 Å². The molecule has 0 heterocycles. The second-order valence-electron chi connectivity index (χ2n) is 5.57. The third-order valence-corrected chi connectivity index (χ3v) is 5.00. The number of amides is 1. The van der Waals surface area contributed by atoms with Gasteiger partial charge in [0.1, 0.15) is 0 Å². The number of carbonyl (C=O) groups is 1. The Kier molecular flexibility index (Phi) is 5.99. The van der Waals surface area contributed by atoms with Gasteiger partial charge in [0.15, 0.2) is 0 Å². The number of hydrogen-bond acceptors (Lipinski definition) is 3. The normalized spacial score (nSPS) is 11.5. The van der Waals surface area contributed by atoms with Crippen LogP contribution in [0.25, 0.3) is 0 Å². The molecule has 5 nitrogen and oxygen atoms in total. The van der Waals surface area contributed by atoms with Gasteiger partial charge in [0, 0.05) is 23.2 Å². The Morgan fingerprint density at radius 2 is 1.83 bits per heavy atom. The van der Waals surface area contributed by atoms with E-state index < -0.39 is 10.0 Å². The summed E-state index contributed by atoms with van der Waals surface area (Å²) in [6.07, 6.45) is 0. The summed E-state index contributed by atoms with van der Waals surface area (Å²) in [5.41, 5.74) is 0.973. The fourth-order valence-corrected chi connectivity index (χ4v) is 3.30. The molecule has 0 fully saturated rings. The zero-order valence-corrected chi connectivity index (χ0v) is 15.0. The van der Waals surface area contributed by atoms with Gasteiger partial charge in [-0.05, 0) is 43.7 Å². The van der Waals surface area contributed by atoms with Gasteiger partial charge in [-0.3, -0.25) is 4.79 Å². The third-order valence-electron chi connectivity index (χ3n) is 3.24. The van der Waals surface area contributed by atoms with E-state index >= 15 is 0 Å². The van der Waals surface area contributed by atoms with Crippen LogP contribution in [0, 0.1) is 0 Å². The monoisotopic (exact) mass is 366 g/mol. The Morgan fingerprint density at radius 1 is 1.12 bits per heavy atom. The van der Waals surface area contributed by atoms with Crippen molar-refractivity contribution in [1.29, 1.82) is 0 Å². The number of rotatable bonds is 6. The molecule has 0 aliphatic carbocycles. The molecule has 0 aliphatic rings. The first-order chi connectivity index (χ1) is 11.3. The summed E-state index contributed by atoms with van der Waals surface area (Å²) in [7, 11) is -3.75.